The van der Waals surface area contributed by atoms with Gasteiger partial charge in [-0.15, -0.1) is 10.2 Å². The number of nitrogens with zero attached hydrogens (tertiary/aromatic N) is 4. The van der Waals surface area contributed by atoms with Gasteiger partial charge in [0, 0.05) is 23.8 Å². The molecule has 2 aromatic carbocycles. The summed E-state index contributed by atoms with van der Waals surface area (Å²) < 4.78 is 0. The number of anilines is 1. The Hall–Kier alpha value is -2.07. The summed E-state index contributed by atoms with van der Waals surface area (Å²) in [5.74, 6) is 0. The average Bonchev–Trinajstić information content (AvgIpc) is 3.15. The van der Waals surface area contributed by atoms with Crippen LogP contribution in [0.4, 0.5) is 5.69 Å². The highest BCUT2D eigenvalue weighted by Crippen LogP contribution is 2.28. The maximum atomic E-state index is 5.94. The Morgan fingerprint density at radius 3 is 2.27 bits per heavy atom. The van der Waals surface area contributed by atoms with E-state index < -0.39 is 0 Å². The molecule has 4 rings (SSSR count). The highest BCUT2D eigenvalue weighted by molar-refractivity contribution is 6.30. The first-order valence-electron chi connectivity index (χ1n) is 7.59. The van der Waals surface area contributed by atoms with E-state index in [1.54, 1.807) is 4.80 Å². The number of rotatable bonds is 2. The second-order valence-electron chi connectivity index (χ2n) is 5.79. The Bertz CT molecular complexity index is 817. The summed E-state index contributed by atoms with van der Waals surface area (Å²) in [4.78, 5) is 4.12. The van der Waals surface area contributed by atoms with Crippen molar-refractivity contribution >= 4 is 28.3 Å². The Balaban J connectivity index is 1.78. The minimum atomic E-state index is 0.715. The number of halogens is 1. The fourth-order valence-corrected chi connectivity index (χ4v) is 3.17. The monoisotopic (exact) mass is 312 g/mol. The fraction of sp³-hybridized carbons (Fsp3) is 0.294. The van der Waals surface area contributed by atoms with Crippen LogP contribution in [0, 0.1) is 6.92 Å². The van der Waals surface area contributed by atoms with Crippen LogP contribution < -0.4 is 4.90 Å². The van der Waals surface area contributed by atoms with Gasteiger partial charge in [0.2, 0.25) is 0 Å². The molecule has 1 aliphatic heterocycles. The Morgan fingerprint density at radius 1 is 0.955 bits per heavy atom. The molecule has 1 fully saturated rings. The van der Waals surface area contributed by atoms with Gasteiger partial charge in [-0.25, -0.2) is 0 Å². The smallest absolute Gasteiger partial charge is 0.115 e. The largest absolute Gasteiger partial charge is 0.371 e. The molecule has 3 aromatic rings. The summed E-state index contributed by atoms with van der Waals surface area (Å²) in [7, 11) is 0. The molecule has 22 heavy (non-hydrogen) atoms. The molecule has 2 heterocycles. The van der Waals surface area contributed by atoms with Crippen molar-refractivity contribution in [2.45, 2.75) is 19.8 Å². The minimum absolute atomic E-state index is 0.715. The Kier molecular flexibility index (Phi) is 3.26. The van der Waals surface area contributed by atoms with E-state index in [4.69, 9.17) is 11.6 Å². The first kappa shape index (κ1) is 13.6. The average molecular weight is 313 g/mol. The summed E-state index contributed by atoms with van der Waals surface area (Å²) in [5, 5.41) is 9.92. The van der Waals surface area contributed by atoms with Gasteiger partial charge in [-0.3, -0.25) is 0 Å². The van der Waals surface area contributed by atoms with Crippen LogP contribution in [0.1, 0.15) is 18.4 Å². The summed E-state index contributed by atoms with van der Waals surface area (Å²) in [6, 6.07) is 11.8. The molecule has 0 saturated carbocycles. The van der Waals surface area contributed by atoms with Crippen LogP contribution in [0.25, 0.3) is 16.7 Å². The van der Waals surface area contributed by atoms with E-state index in [9.17, 15) is 0 Å². The third kappa shape index (κ3) is 2.33. The minimum Gasteiger partial charge on any atom is -0.371 e. The van der Waals surface area contributed by atoms with Crippen LogP contribution in [-0.4, -0.2) is 28.1 Å². The second kappa shape index (κ2) is 5.29. The normalized spacial score (nSPS) is 14.9. The molecule has 0 amide bonds. The van der Waals surface area contributed by atoms with Crippen LogP contribution in [0.5, 0.6) is 0 Å². The quantitative estimate of drug-likeness (QED) is 0.717. The number of fused-ring (bicyclic) bond motifs is 1. The molecule has 1 aliphatic rings. The van der Waals surface area contributed by atoms with Gasteiger partial charge in [-0.2, -0.15) is 4.80 Å². The predicted octanol–water partition coefficient (Wildman–Crippen LogP) is 3.98. The molecule has 0 spiro atoms. The van der Waals surface area contributed by atoms with Crippen LogP contribution >= 0.6 is 11.6 Å². The van der Waals surface area contributed by atoms with Gasteiger partial charge in [0.05, 0.1) is 5.69 Å². The number of aryl methyl sites for hydroxylation is 1. The molecule has 0 atom stereocenters. The molecular weight excluding hydrogens is 296 g/mol. The molecule has 0 N–H and O–H groups in total. The standard InChI is InChI=1S/C17H17ClN4/c1-12-10-15-16(11-17(12)21-8-2-3-9-21)20-22(19-15)14-6-4-13(18)5-7-14/h4-7,10-11H,2-3,8-9H2,1H3. The van der Waals surface area contributed by atoms with Crippen molar-refractivity contribution in [3.8, 4) is 5.69 Å². The molecule has 5 heteroatoms. The first-order valence-corrected chi connectivity index (χ1v) is 7.97. The van der Waals surface area contributed by atoms with Gasteiger partial charge in [-0.05, 0) is 61.7 Å². The number of hydrogen-bond donors (Lipinski definition) is 0. The summed E-state index contributed by atoms with van der Waals surface area (Å²) in [6.45, 7) is 4.42. The molecule has 0 aliphatic carbocycles. The zero-order chi connectivity index (χ0) is 15.1. The second-order valence-corrected chi connectivity index (χ2v) is 6.22. The van der Waals surface area contributed by atoms with E-state index in [1.807, 2.05) is 24.3 Å². The Labute approximate surface area is 134 Å². The van der Waals surface area contributed by atoms with Crippen LogP contribution in [0.15, 0.2) is 36.4 Å². The summed E-state index contributed by atoms with van der Waals surface area (Å²) >= 11 is 5.94. The molecule has 1 saturated heterocycles. The molecule has 0 radical (unpaired) electrons. The Morgan fingerprint density at radius 2 is 1.59 bits per heavy atom. The number of benzene rings is 2. The molecule has 0 unspecified atom stereocenters. The lowest BCUT2D eigenvalue weighted by Gasteiger charge is -2.19. The lowest BCUT2D eigenvalue weighted by atomic mass is 10.1. The van der Waals surface area contributed by atoms with E-state index in [1.165, 1.54) is 24.1 Å². The highest BCUT2D eigenvalue weighted by Gasteiger charge is 2.16. The zero-order valence-electron chi connectivity index (χ0n) is 12.5. The van der Waals surface area contributed by atoms with Crippen molar-refractivity contribution < 1.29 is 0 Å². The molecule has 1 aromatic heterocycles. The van der Waals surface area contributed by atoms with E-state index in [2.05, 4.69) is 34.2 Å². The lowest BCUT2D eigenvalue weighted by molar-refractivity contribution is 0.765. The molecular formula is C17H17ClN4. The van der Waals surface area contributed by atoms with Crippen LogP contribution in [-0.2, 0) is 0 Å². The number of aromatic nitrogens is 3. The maximum absolute atomic E-state index is 5.94. The van der Waals surface area contributed by atoms with Crippen molar-refractivity contribution in [3.05, 3.63) is 47.0 Å². The van der Waals surface area contributed by atoms with Crippen molar-refractivity contribution in [3.63, 3.8) is 0 Å². The van der Waals surface area contributed by atoms with Gasteiger partial charge in [-0.1, -0.05) is 11.6 Å². The third-order valence-corrected chi connectivity index (χ3v) is 4.45. The van der Waals surface area contributed by atoms with Crippen molar-refractivity contribution in [1.29, 1.82) is 0 Å². The first-order chi connectivity index (χ1) is 10.7. The fourth-order valence-electron chi connectivity index (χ4n) is 3.05. The molecule has 4 nitrogen and oxygen atoms in total. The predicted molar refractivity (Wildman–Crippen MR) is 90.1 cm³/mol. The summed E-state index contributed by atoms with van der Waals surface area (Å²) in [6.07, 6.45) is 2.55. The third-order valence-electron chi connectivity index (χ3n) is 4.20. The van der Waals surface area contributed by atoms with E-state index in [-0.39, 0.29) is 0 Å². The SMILES string of the molecule is Cc1cc2nn(-c3ccc(Cl)cc3)nc2cc1N1CCCC1. The topological polar surface area (TPSA) is 34.0 Å². The van der Waals surface area contributed by atoms with Crippen molar-refractivity contribution in [1.82, 2.24) is 15.0 Å². The van der Waals surface area contributed by atoms with Crippen LogP contribution in [0.2, 0.25) is 5.02 Å². The van der Waals surface area contributed by atoms with Crippen molar-refractivity contribution in [2.75, 3.05) is 18.0 Å². The van der Waals surface area contributed by atoms with Gasteiger partial charge >= 0.3 is 0 Å². The number of hydrogen-bond acceptors (Lipinski definition) is 3. The van der Waals surface area contributed by atoms with Gasteiger partial charge < -0.3 is 4.90 Å². The van der Waals surface area contributed by atoms with Crippen molar-refractivity contribution in [2.24, 2.45) is 0 Å². The summed E-state index contributed by atoms with van der Waals surface area (Å²) in [5.41, 5.74) is 5.32. The van der Waals surface area contributed by atoms with E-state index >= 15 is 0 Å². The highest BCUT2D eigenvalue weighted by atomic mass is 35.5. The lowest BCUT2D eigenvalue weighted by Crippen LogP contribution is -2.18. The van der Waals surface area contributed by atoms with Crippen LogP contribution in [0.3, 0.4) is 0 Å². The van der Waals surface area contributed by atoms with E-state index in [0.29, 0.717) is 5.02 Å². The van der Waals surface area contributed by atoms with Gasteiger partial charge in [0.1, 0.15) is 11.0 Å². The molecule has 112 valence electrons. The van der Waals surface area contributed by atoms with E-state index in [0.717, 1.165) is 29.8 Å². The van der Waals surface area contributed by atoms with Gasteiger partial charge in [0.25, 0.3) is 0 Å². The van der Waals surface area contributed by atoms with Gasteiger partial charge in [0.15, 0.2) is 0 Å². The zero-order valence-corrected chi connectivity index (χ0v) is 13.2. The maximum Gasteiger partial charge on any atom is 0.115 e. The molecule has 0 bridgehead atoms.